The molecule has 3 fully saturated rings. The molecule has 4 heteroatoms. The molecule has 0 radical (unpaired) electrons. The van der Waals surface area contributed by atoms with Crippen LogP contribution in [0.2, 0.25) is 0 Å². The van der Waals surface area contributed by atoms with E-state index in [-0.39, 0.29) is 0 Å². The van der Waals surface area contributed by atoms with E-state index >= 15 is 0 Å². The molecule has 2 unspecified atom stereocenters. The fourth-order valence-electron chi connectivity index (χ4n) is 3.25. The van der Waals surface area contributed by atoms with Crippen LogP contribution in [-0.2, 0) is 0 Å². The first-order valence-electron chi connectivity index (χ1n) is 7.63. The number of ether oxygens (including phenoxy) is 1. The summed E-state index contributed by atoms with van der Waals surface area (Å²) in [6.07, 6.45) is 2.15. The summed E-state index contributed by atoms with van der Waals surface area (Å²) in [5.41, 5.74) is 0. The molecule has 1 aromatic rings. The third kappa shape index (κ3) is 3.51. The van der Waals surface area contributed by atoms with Crippen LogP contribution in [0.3, 0.4) is 0 Å². The standard InChI is InChI=1S/C16H24N2O2/c19-14(12-20-15-4-2-1-3-5-15)10-17-16-11-18-8-6-13(16)7-9-18/h1-5,13-14,16-17,19H,6-12H2. The molecule has 110 valence electrons. The van der Waals surface area contributed by atoms with Crippen molar-refractivity contribution in [1.82, 2.24) is 10.2 Å². The summed E-state index contributed by atoms with van der Waals surface area (Å²) in [5, 5.41) is 13.5. The molecule has 3 heterocycles. The van der Waals surface area contributed by atoms with Crippen LogP contribution >= 0.6 is 0 Å². The van der Waals surface area contributed by atoms with Crippen LogP contribution in [0.15, 0.2) is 30.3 Å². The van der Waals surface area contributed by atoms with Crippen molar-refractivity contribution in [3.63, 3.8) is 0 Å². The highest BCUT2D eigenvalue weighted by molar-refractivity contribution is 5.20. The Kier molecular flexibility index (Phi) is 4.55. The molecule has 3 aliphatic rings. The van der Waals surface area contributed by atoms with Crippen LogP contribution in [0.25, 0.3) is 0 Å². The van der Waals surface area contributed by atoms with Gasteiger partial charge in [-0.2, -0.15) is 0 Å². The second kappa shape index (κ2) is 6.57. The van der Waals surface area contributed by atoms with Crippen LogP contribution in [0, 0.1) is 5.92 Å². The predicted molar refractivity (Wildman–Crippen MR) is 78.9 cm³/mol. The maximum atomic E-state index is 10.0. The van der Waals surface area contributed by atoms with Crippen LogP contribution < -0.4 is 10.1 Å². The van der Waals surface area contributed by atoms with E-state index in [9.17, 15) is 5.11 Å². The molecule has 3 saturated heterocycles. The largest absolute Gasteiger partial charge is 0.491 e. The fourth-order valence-corrected chi connectivity index (χ4v) is 3.25. The topological polar surface area (TPSA) is 44.7 Å². The van der Waals surface area contributed by atoms with Crippen molar-refractivity contribution in [1.29, 1.82) is 0 Å². The zero-order valence-corrected chi connectivity index (χ0v) is 11.9. The number of nitrogens with zero attached hydrogens (tertiary/aromatic N) is 1. The SMILES string of the molecule is OC(CNC1CN2CCC1CC2)COc1ccccc1. The molecule has 3 aliphatic heterocycles. The fraction of sp³-hybridized carbons (Fsp3) is 0.625. The van der Waals surface area contributed by atoms with E-state index in [4.69, 9.17) is 4.74 Å². The quantitative estimate of drug-likeness (QED) is 0.817. The smallest absolute Gasteiger partial charge is 0.119 e. The van der Waals surface area contributed by atoms with Crippen molar-refractivity contribution >= 4 is 0 Å². The van der Waals surface area contributed by atoms with Gasteiger partial charge in [-0.15, -0.1) is 0 Å². The van der Waals surface area contributed by atoms with Crippen molar-refractivity contribution in [3.8, 4) is 5.75 Å². The molecule has 0 saturated carbocycles. The molecule has 4 rings (SSSR count). The van der Waals surface area contributed by atoms with E-state index < -0.39 is 6.10 Å². The van der Waals surface area contributed by atoms with E-state index in [2.05, 4.69) is 10.2 Å². The number of piperidine rings is 3. The highest BCUT2D eigenvalue weighted by Crippen LogP contribution is 2.27. The van der Waals surface area contributed by atoms with Gasteiger partial charge < -0.3 is 20.1 Å². The Morgan fingerprint density at radius 2 is 2.00 bits per heavy atom. The summed E-state index contributed by atoms with van der Waals surface area (Å²) < 4.78 is 5.57. The van der Waals surface area contributed by atoms with E-state index in [0.717, 1.165) is 18.2 Å². The van der Waals surface area contributed by atoms with Crippen molar-refractivity contribution in [2.24, 2.45) is 5.92 Å². The second-order valence-corrected chi connectivity index (χ2v) is 5.93. The number of aliphatic hydroxyl groups excluding tert-OH is 1. The Labute approximate surface area is 120 Å². The van der Waals surface area contributed by atoms with Gasteiger partial charge in [0.2, 0.25) is 0 Å². The summed E-state index contributed by atoms with van der Waals surface area (Å²) in [6.45, 7) is 4.60. The number of rotatable bonds is 6. The zero-order valence-electron chi connectivity index (χ0n) is 11.9. The summed E-state index contributed by atoms with van der Waals surface area (Å²) >= 11 is 0. The number of hydrogen-bond acceptors (Lipinski definition) is 4. The summed E-state index contributed by atoms with van der Waals surface area (Å²) in [4.78, 5) is 2.52. The first-order chi connectivity index (χ1) is 9.81. The lowest BCUT2D eigenvalue weighted by molar-refractivity contribution is 0.0551. The second-order valence-electron chi connectivity index (χ2n) is 5.93. The third-order valence-corrected chi connectivity index (χ3v) is 4.46. The maximum Gasteiger partial charge on any atom is 0.119 e. The molecule has 0 aliphatic carbocycles. The minimum absolute atomic E-state index is 0.345. The van der Waals surface area contributed by atoms with Gasteiger partial charge in [0.15, 0.2) is 0 Å². The molecule has 2 bridgehead atoms. The first kappa shape index (κ1) is 13.9. The molecule has 2 atom stereocenters. The van der Waals surface area contributed by atoms with E-state index in [1.54, 1.807) is 0 Å². The number of para-hydroxylation sites is 1. The Hall–Kier alpha value is -1.10. The van der Waals surface area contributed by atoms with Gasteiger partial charge in [-0.05, 0) is 44.0 Å². The first-order valence-corrected chi connectivity index (χ1v) is 7.63. The molecule has 1 aromatic carbocycles. The molecule has 2 N–H and O–H groups in total. The van der Waals surface area contributed by atoms with Crippen LogP contribution in [0.5, 0.6) is 5.75 Å². The van der Waals surface area contributed by atoms with Crippen molar-refractivity contribution in [3.05, 3.63) is 30.3 Å². The third-order valence-electron chi connectivity index (χ3n) is 4.46. The van der Waals surface area contributed by atoms with Gasteiger partial charge >= 0.3 is 0 Å². The Morgan fingerprint density at radius 3 is 2.65 bits per heavy atom. The lowest BCUT2D eigenvalue weighted by Gasteiger charge is -2.45. The molecular weight excluding hydrogens is 252 g/mol. The lowest BCUT2D eigenvalue weighted by Crippen LogP contribution is -2.57. The Balaban J connectivity index is 1.38. The molecule has 0 amide bonds. The van der Waals surface area contributed by atoms with Gasteiger partial charge in [-0.25, -0.2) is 0 Å². The van der Waals surface area contributed by atoms with E-state index in [1.165, 1.54) is 25.9 Å². The van der Waals surface area contributed by atoms with Gasteiger partial charge in [0.25, 0.3) is 0 Å². The molecule has 0 spiro atoms. The summed E-state index contributed by atoms with van der Waals surface area (Å²) in [6, 6.07) is 10.2. The van der Waals surface area contributed by atoms with E-state index in [1.807, 2.05) is 30.3 Å². The molecule has 4 nitrogen and oxygen atoms in total. The average molecular weight is 276 g/mol. The van der Waals surface area contributed by atoms with Gasteiger partial charge in [0.1, 0.15) is 18.5 Å². The van der Waals surface area contributed by atoms with Gasteiger partial charge in [0, 0.05) is 19.1 Å². The summed E-state index contributed by atoms with van der Waals surface area (Å²) in [7, 11) is 0. The number of aliphatic hydroxyl groups is 1. The number of benzene rings is 1. The van der Waals surface area contributed by atoms with E-state index in [0.29, 0.717) is 19.2 Å². The average Bonchev–Trinajstić information content (AvgIpc) is 2.53. The van der Waals surface area contributed by atoms with Gasteiger partial charge in [0.05, 0.1) is 0 Å². The number of fused-ring (bicyclic) bond motifs is 3. The highest BCUT2D eigenvalue weighted by atomic mass is 16.5. The monoisotopic (exact) mass is 276 g/mol. The Bertz CT molecular complexity index is 404. The zero-order chi connectivity index (χ0) is 13.8. The Morgan fingerprint density at radius 1 is 1.25 bits per heavy atom. The van der Waals surface area contributed by atoms with Crippen LogP contribution in [-0.4, -0.2) is 54.9 Å². The normalized spacial score (nSPS) is 30.1. The number of hydrogen-bond donors (Lipinski definition) is 2. The highest BCUT2D eigenvalue weighted by Gasteiger charge is 2.33. The summed E-state index contributed by atoms with van der Waals surface area (Å²) in [5.74, 6) is 1.61. The molecule has 20 heavy (non-hydrogen) atoms. The van der Waals surface area contributed by atoms with Crippen molar-refractivity contribution in [2.45, 2.75) is 25.0 Å². The predicted octanol–water partition coefficient (Wildman–Crippen LogP) is 1.11. The van der Waals surface area contributed by atoms with Gasteiger partial charge in [-0.1, -0.05) is 18.2 Å². The van der Waals surface area contributed by atoms with Crippen molar-refractivity contribution < 1.29 is 9.84 Å². The minimum atomic E-state index is -0.453. The van der Waals surface area contributed by atoms with Crippen LogP contribution in [0.4, 0.5) is 0 Å². The van der Waals surface area contributed by atoms with Crippen LogP contribution in [0.1, 0.15) is 12.8 Å². The molecule has 0 aromatic heterocycles. The van der Waals surface area contributed by atoms with Gasteiger partial charge in [-0.3, -0.25) is 0 Å². The molecular formula is C16H24N2O2. The minimum Gasteiger partial charge on any atom is -0.491 e. The maximum absolute atomic E-state index is 10.0. The number of nitrogens with one attached hydrogen (secondary N) is 1. The lowest BCUT2D eigenvalue weighted by atomic mass is 9.84. The van der Waals surface area contributed by atoms with Crippen molar-refractivity contribution in [2.75, 3.05) is 32.8 Å².